The van der Waals surface area contributed by atoms with Crippen molar-refractivity contribution in [1.82, 2.24) is 5.43 Å². The Kier molecular flexibility index (Phi) is 7.64. The van der Waals surface area contributed by atoms with E-state index in [0.717, 1.165) is 5.56 Å². The van der Waals surface area contributed by atoms with E-state index in [1.165, 1.54) is 6.07 Å². The number of nitrogens with zero attached hydrogens (tertiary/aromatic N) is 1. The second-order valence-corrected chi connectivity index (χ2v) is 6.68. The Balaban J connectivity index is 1.78. The molecule has 0 aliphatic rings. The van der Waals surface area contributed by atoms with Gasteiger partial charge in [-0.1, -0.05) is 35.3 Å². The maximum absolute atomic E-state index is 12.0. The van der Waals surface area contributed by atoms with Crippen molar-refractivity contribution in [3.63, 3.8) is 0 Å². The summed E-state index contributed by atoms with van der Waals surface area (Å²) in [4.78, 5) is 23.8. The third-order valence-electron chi connectivity index (χ3n) is 3.35. The topological polar surface area (TPSA) is 79.8 Å². The van der Waals surface area contributed by atoms with Crippen molar-refractivity contribution in [2.45, 2.75) is 20.3 Å². The molecule has 0 heterocycles. The van der Waals surface area contributed by atoms with E-state index in [0.29, 0.717) is 27.2 Å². The van der Waals surface area contributed by atoms with Gasteiger partial charge in [-0.3, -0.25) is 9.59 Å². The SMILES string of the molecule is CC(CC(=O)Nc1ccc(Cl)cc1Cl)=NNC(=O)COc1cccc(C)c1. The molecule has 2 N–H and O–H groups in total. The summed E-state index contributed by atoms with van der Waals surface area (Å²) in [6.45, 7) is 3.39. The number of carbonyl (C=O) groups is 2. The minimum Gasteiger partial charge on any atom is -0.484 e. The van der Waals surface area contributed by atoms with Gasteiger partial charge in [0.05, 0.1) is 17.1 Å². The highest BCUT2D eigenvalue weighted by molar-refractivity contribution is 6.36. The molecule has 2 rings (SSSR count). The lowest BCUT2D eigenvalue weighted by molar-refractivity contribution is -0.123. The minimum absolute atomic E-state index is 0.00201. The third-order valence-corrected chi connectivity index (χ3v) is 3.90. The number of ether oxygens (including phenoxy) is 1. The summed E-state index contributed by atoms with van der Waals surface area (Å²) in [5.41, 5.74) is 4.28. The first-order chi connectivity index (χ1) is 12.8. The van der Waals surface area contributed by atoms with E-state index in [1.54, 1.807) is 25.1 Å². The van der Waals surface area contributed by atoms with Gasteiger partial charge in [-0.15, -0.1) is 0 Å². The Bertz CT molecular complexity index is 869. The lowest BCUT2D eigenvalue weighted by atomic mass is 10.2. The summed E-state index contributed by atoms with van der Waals surface area (Å²) < 4.78 is 5.38. The molecular weight excluding hydrogens is 389 g/mol. The molecule has 0 saturated heterocycles. The van der Waals surface area contributed by atoms with Gasteiger partial charge in [-0.2, -0.15) is 5.10 Å². The van der Waals surface area contributed by atoms with E-state index in [2.05, 4.69) is 15.8 Å². The van der Waals surface area contributed by atoms with Crippen LogP contribution in [0, 0.1) is 6.92 Å². The average molecular weight is 408 g/mol. The number of halogens is 2. The Morgan fingerprint density at radius 1 is 1.11 bits per heavy atom. The van der Waals surface area contributed by atoms with Crippen LogP contribution < -0.4 is 15.5 Å². The maximum Gasteiger partial charge on any atom is 0.277 e. The van der Waals surface area contributed by atoms with Gasteiger partial charge in [0.2, 0.25) is 5.91 Å². The monoisotopic (exact) mass is 407 g/mol. The number of rotatable bonds is 7. The quantitative estimate of drug-likeness (QED) is 0.532. The van der Waals surface area contributed by atoms with Crippen LogP contribution in [0.3, 0.4) is 0 Å². The van der Waals surface area contributed by atoms with E-state index in [1.807, 2.05) is 25.1 Å². The van der Waals surface area contributed by atoms with Crippen LogP contribution in [-0.4, -0.2) is 24.1 Å². The molecule has 0 radical (unpaired) electrons. The summed E-state index contributed by atoms with van der Waals surface area (Å²) in [5, 5.41) is 7.37. The van der Waals surface area contributed by atoms with Gasteiger partial charge in [0.1, 0.15) is 5.75 Å². The number of nitrogens with one attached hydrogen (secondary N) is 2. The van der Waals surface area contributed by atoms with Gasteiger partial charge in [-0.25, -0.2) is 5.43 Å². The summed E-state index contributed by atoms with van der Waals surface area (Å²) in [6, 6.07) is 12.1. The van der Waals surface area contributed by atoms with Crippen LogP contribution in [0.1, 0.15) is 18.9 Å². The first-order valence-corrected chi connectivity index (χ1v) is 8.85. The zero-order valence-electron chi connectivity index (χ0n) is 14.9. The van der Waals surface area contributed by atoms with Gasteiger partial charge in [0.15, 0.2) is 6.61 Å². The lowest BCUT2D eigenvalue weighted by Crippen LogP contribution is -2.26. The number of amides is 2. The molecule has 142 valence electrons. The number of hydrazone groups is 1. The van der Waals surface area contributed by atoms with E-state index in [4.69, 9.17) is 27.9 Å². The highest BCUT2D eigenvalue weighted by atomic mass is 35.5. The zero-order chi connectivity index (χ0) is 19.8. The number of anilines is 1. The summed E-state index contributed by atoms with van der Waals surface area (Å²) in [7, 11) is 0. The predicted octanol–water partition coefficient (Wildman–Crippen LogP) is 4.20. The van der Waals surface area contributed by atoms with Gasteiger partial charge in [-0.05, 0) is 49.7 Å². The Labute approximate surface area is 167 Å². The van der Waals surface area contributed by atoms with Crippen LogP contribution in [0.2, 0.25) is 10.0 Å². The van der Waals surface area contributed by atoms with Crippen molar-refractivity contribution in [3.05, 3.63) is 58.1 Å². The first kappa shape index (κ1) is 20.7. The molecule has 2 aromatic carbocycles. The van der Waals surface area contributed by atoms with Crippen molar-refractivity contribution >= 4 is 46.4 Å². The van der Waals surface area contributed by atoms with Crippen LogP contribution in [0.25, 0.3) is 0 Å². The summed E-state index contributed by atoms with van der Waals surface area (Å²) in [6.07, 6.45) is -0.00201. The van der Waals surface area contributed by atoms with E-state index in [-0.39, 0.29) is 18.9 Å². The second-order valence-electron chi connectivity index (χ2n) is 5.84. The van der Waals surface area contributed by atoms with Gasteiger partial charge in [0, 0.05) is 10.7 Å². The number of carbonyl (C=O) groups excluding carboxylic acids is 2. The van der Waals surface area contributed by atoms with E-state index >= 15 is 0 Å². The van der Waals surface area contributed by atoms with Gasteiger partial charge in [0.25, 0.3) is 5.91 Å². The molecule has 0 aliphatic carbocycles. The van der Waals surface area contributed by atoms with Crippen LogP contribution in [0.4, 0.5) is 5.69 Å². The van der Waals surface area contributed by atoms with Crippen LogP contribution >= 0.6 is 23.2 Å². The fourth-order valence-corrected chi connectivity index (χ4v) is 2.56. The number of hydrogen-bond donors (Lipinski definition) is 2. The fourth-order valence-electron chi connectivity index (χ4n) is 2.10. The molecule has 0 spiro atoms. The molecule has 2 aromatic rings. The standard InChI is InChI=1S/C19H19Cl2N3O3/c1-12-4-3-5-15(8-12)27-11-19(26)24-23-13(2)9-18(25)22-17-7-6-14(20)10-16(17)21/h3-8,10H,9,11H2,1-2H3,(H,22,25)(H,24,26). The molecule has 2 amide bonds. The van der Waals surface area contributed by atoms with Crippen molar-refractivity contribution in [2.75, 3.05) is 11.9 Å². The molecular formula is C19H19Cl2N3O3. The molecule has 27 heavy (non-hydrogen) atoms. The lowest BCUT2D eigenvalue weighted by Gasteiger charge is -2.08. The van der Waals surface area contributed by atoms with Crippen LogP contribution in [0.5, 0.6) is 5.75 Å². The molecule has 0 unspecified atom stereocenters. The number of aryl methyl sites for hydroxylation is 1. The van der Waals surface area contributed by atoms with Crippen molar-refractivity contribution in [2.24, 2.45) is 5.10 Å². The molecule has 0 bridgehead atoms. The molecule has 0 saturated carbocycles. The van der Waals surface area contributed by atoms with Gasteiger partial charge >= 0.3 is 0 Å². The highest BCUT2D eigenvalue weighted by Gasteiger charge is 2.09. The molecule has 6 nitrogen and oxygen atoms in total. The number of benzene rings is 2. The predicted molar refractivity (Wildman–Crippen MR) is 108 cm³/mol. The molecule has 0 aliphatic heterocycles. The normalized spacial score (nSPS) is 11.0. The molecule has 0 atom stereocenters. The highest BCUT2D eigenvalue weighted by Crippen LogP contribution is 2.25. The maximum atomic E-state index is 12.0. The molecule has 0 aromatic heterocycles. The third kappa shape index (κ3) is 7.29. The smallest absolute Gasteiger partial charge is 0.277 e. The van der Waals surface area contributed by atoms with Crippen LogP contribution in [0.15, 0.2) is 47.6 Å². The van der Waals surface area contributed by atoms with Crippen molar-refractivity contribution in [1.29, 1.82) is 0 Å². The fraction of sp³-hybridized carbons (Fsp3) is 0.211. The van der Waals surface area contributed by atoms with Crippen molar-refractivity contribution in [3.8, 4) is 5.75 Å². The molecule has 0 fully saturated rings. The Morgan fingerprint density at radius 2 is 1.89 bits per heavy atom. The Morgan fingerprint density at radius 3 is 2.59 bits per heavy atom. The average Bonchev–Trinajstić information content (AvgIpc) is 2.60. The van der Waals surface area contributed by atoms with Gasteiger partial charge < -0.3 is 10.1 Å². The minimum atomic E-state index is -0.419. The zero-order valence-corrected chi connectivity index (χ0v) is 16.4. The first-order valence-electron chi connectivity index (χ1n) is 8.10. The van der Waals surface area contributed by atoms with E-state index in [9.17, 15) is 9.59 Å². The largest absolute Gasteiger partial charge is 0.484 e. The van der Waals surface area contributed by atoms with E-state index < -0.39 is 5.91 Å². The van der Waals surface area contributed by atoms with Crippen molar-refractivity contribution < 1.29 is 14.3 Å². The summed E-state index contributed by atoms with van der Waals surface area (Å²) >= 11 is 11.8. The Hall–Kier alpha value is -2.57. The molecule has 8 heteroatoms. The number of hydrogen-bond acceptors (Lipinski definition) is 4. The van der Waals surface area contributed by atoms with Crippen LogP contribution in [-0.2, 0) is 9.59 Å². The summed E-state index contributed by atoms with van der Waals surface area (Å²) in [5.74, 6) is -0.132. The second kappa shape index (κ2) is 9.94.